The molecule has 5 heteroatoms. The number of aryl methyl sites for hydroxylation is 1. The fourth-order valence-corrected chi connectivity index (χ4v) is 2.73. The lowest BCUT2D eigenvalue weighted by Crippen LogP contribution is -1.98. The molecule has 1 rings (SSSR count). The highest BCUT2D eigenvalue weighted by molar-refractivity contribution is 7.90. The molecule has 0 radical (unpaired) electrons. The molecule has 0 spiro atoms. The van der Waals surface area contributed by atoms with Crippen LogP contribution in [0.2, 0.25) is 0 Å². The summed E-state index contributed by atoms with van der Waals surface area (Å²) in [5.41, 5.74) is 0.883. The fourth-order valence-electron chi connectivity index (χ4n) is 0.743. The van der Waals surface area contributed by atoms with Crippen LogP contribution in [0.3, 0.4) is 0 Å². The number of hydrogen-bond acceptors (Lipinski definition) is 4. The molecule has 11 heavy (non-hydrogen) atoms. The Morgan fingerprint density at radius 1 is 1.64 bits per heavy atom. The fraction of sp³-hybridized carbons (Fsp3) is 0.500. The lowest BCUT2D eigenvalue weighted by Gasteiger charge is -1.90. The van der Waals surface area contributed by atoms with Crippen molar-refractivity contribution in [3.63, 3.8) is 0 Å². The Morgan fingerprint density at radius 3 is 2.64 bits per heavy atom. The lowest BCUT2D eigenvalue weighted by atomic mass is 10.4. The van der Waals surface area contributed by atoms with Crippen molar-refractivity contribution >= 4 is 21.4 Å². The van der Waals surface area contributed by atoms with Gasteiger partial charge in [0.2, 0.25) is 0 Å². The van der Waals surface area contributed by atoms with E-state index in [0.717, 1.165) is 10.6 Å². The minimum Gasteiger partial charge on any atom is -0.229 e. The summed E-state index contributed by atoms with van der Waals surface area (Å²) in [6, 6.07) is 1.80. The molecule has 62 valence electrons. The second kappa shape index (κ2) is 2.91. The van der Waals surface area contributed by atoms with Gasteiger partial charge in [0.15, 0.2) is 9.84 Å². The highest BCUT2D eigenvalue weighted by Crippen LogP contribution is 2.11. The Labute approximate surface area is 70.2 Å². The molecule has 1 aromatic heterocycles. The van der Waals surface area contributed by atoms with Crippen molar-refractivity contribution in [2.24, 2.45) is 0 Å². The summed E-state index contributed by atoms with van der Waals surface area (Å²) >= 11 is 1.25. The number of nitrogens with zero attached hydrogens (tertiary/aromatic N) is 1. The standard InChI is InChI=1S/C6H9NO2S2/c1-5-3-6(10-7-5)4-11(2,8)9/h3H,4H2,1-2H3. The highest BCUT2D eigenvalue weighted by atomic mass is 32.2. The van der Waals surface area contributed by atoms with Crippen LogP contribution in [0, 0.1) is 6.92 Å². The van der Waals surface area contributed by atoms with E-state index in [9.17, 15) is 8.42 Å². The summed E-state index contributed by atoms with van der Waals surface area (Å²) in [4.78, 5) is 0.810. The van der Waals surface area contributed by atoms with Crippen molar-refractivity contribution in [2.45, 2.75) is 12.7 Å². The summed E-state index contributed by atoms with van der Waals surface area (Å²) in [6.45, 7) is 1.85. The van der Waals surface area contributed by atoms with Gasteiger partial charge in [0.1, 0.15) is 0 Å². The third-order valence-electron chi connectivity index (χ3n) is 1.08. The third-order valence-corrected chi connectivity index (χ3v) is 2.98. The first kappa shape index (κ1) is 8.67. The van der Waals surface area contributed by atoms with Gasteiger partial charge in [-0.1, -0.05) is 0 Å². The van der Waals surface area contributed by atoms with Gasteiger partial charge in [-0.25, -0.2) is 8.42 Å². The van der Waals surface area contributed by atoms with Crippen molar-refractivity contribution in [1.82, 2.24) is 4.37 Å². The molecule has 0 saturated heterocycles. The van der Waals surface area contributed by atoms with Gasteiger partial charge in [-0.3, -0.25) is 0 Å². The molecule has 0 N–H and O–H groups in total. The average Bonchev–Trinajstić information content (AvgIpc) is 2.10. The van der Waals surface area contributed by atoms with Crippen molar-refractivity contribution in [3.05, 3.63) is 16.6 Å². The van der Waals surface area contributed by atoms with Crippen LogP contribution in [0.15, 0.2) is 6.07 Å². The van der Waals surface area contributed by atoms with E-state index < -0.39 is 9.84 Å². The quantitative estimate of drug-likeness (QED) is 0.700. The van der Waals surface area contributed by atoms with E-state index in [1.54, 1.807) is 6.07 Å². The Bertz CT molecular complexity index is 339. The number of rotatable bonds is 2. The van der Waals surface area contributed by atoms with Gasteiger partial charge >= 0.3 is 0 Å². The van der Waals surface area contributed by atoms with Crippen LogP contribution < -0.4 is 0 Å². The molecule has 1 heterocycles. The summed E-state index contributed by atoms with van der Waals surface area (Å²) in [6.07, 6.45) is 1.22. The summed E-state index contributed by atoms with van der Waals surface area (Å²) in [5.74, 6) is 0.110. The first-order valence-corrected chi connectivity index (χ1v) is 5.91. The van der Waals surface area contributed by atoms with Gasteiger partial charge in [-0.15, -0.1) is 0 Å². The molecule has 0 amide bonds. The Kier molecular flexibility index (Phi) is 2.29. The van der Waals surface area contributed by atoms with Crippen LogP contribution in [0.5, 0.6) is 0 Å². The predicted octanol–water partition coefficient (Wildman–Crippen LogP) is 0.996. The molecule has 0 unspecified atom stereocenters. The maximum Gasteiger partial charge on any atom is 0.152 e. The molecule has 0 fully saturated rings. The molecule has 3 nitrogen and oxygen atoms in total. The van der Waals surface area contributed by atoms with E-state index in [2.05, 4.69) is 4.37 Å². The van der Waals surface area contributed by atoms with Crippen molar-refractivity contribution in [3.8, 4) is 0 Å². The van der Waals surface area contributed by atoms with Crippen LogP contribution in [0.25, 0.3) is 0 Å². The minimum atomic E-state index is -2.89. The van der Waals surface area contributed by atoms with E-state index in [0.29, 0.717) is 0 Å². The van der Waals surface area contributed by atoms with Crippen molar-refractivity contribution < 1.29 is 8.42 Å². The van der Waals surface area contributed by atoms with E-state index in [4.69, 9.17) is 0 Å². The van der Waals surface area contributed by atoms with Crippen molar-refractivity contribution in [1.29, 1.82) is 0 Å². The molecule has 0 atom stereocenters. The molecule has 1 aromatic rings. The van der Waals surface area contributed by atoms with Crippen LogP contribution in [-0.4, -0.2) is 19.0 Å². The van der Waals surface area contributed by atoms with Crippen LogP contribution in [0.1, 0.15) is 10.6 Å². The summed E-state index contributed by atoms with van der Waals surface area (Å²) in [5, 5.41) is 0. The van der Waals surface area contributed by atoms with Gasteiger partial charge in [0, 0.05) is 11.1 Å². The Morgan fingerprint density at radius 2 is 2.27 bits per heavy atom. The van der Waals surface area contributed by atoms with Crippen LogP contribution in [-0.2, 0) is 15.6 Å². The molecule has 0 bridgehead atoms. The molecule has 0 aromatic carbocycles. The zero-order valence-electron chi connectivity index (χ0n) is 6.36. The van der Waals surface area contributed by atoms with E-state index in [-0.39, 0.29) is 5.75 Å². The molecular weight excluding hydrogens is 182 g/mol. The first-order valence-electron chi connectivity index (χ1n) is 3.07. The van der Waals surface area contributed by atoms with E-state index >= 15 is 0 Å². The minimum absolute atomic E-state index is 0.110. The van der Waals surface area contributed by atoms with Gasteiger partial charge in [0.05, 0.1) is 11.4 Å². The maximum absolute atomic E-state index is 10.8. The first-order chi connectivity index (χ1) is 4.97. The topological polar surface area (TPSA) is 47.0 Å². The molecule has 0 aliphatic heterocycles. The Hall–Kier alpha value is -0.420. The number of hydrogen-bond donors (Lipinski definition) is 0. The van der Waals surface area contributed by atoms with E-state index in [1.807, 2.05) is 6.92 Å². The second-order valence-electron chi connectivity index (χ2n) is 2.50. The highest BCUT2D eigenvalue weighted by Gasteiger charge is 2.06. The SMILES string of the molecule is Cc1cc(CS(C)(=O)=O)sn1. The smallest absolute Gasteiger partial charge is 0.152 e. The van der Waals surface area contributed by atoms with Gasteiger partial charge in [0.25, 0.3) is 0 Å². The van der Waals surface area contributed by atoms with Crippen molar-refractivity contribution in [2.75, 3.05) is 6.26 Å². The normalized spacial score (nSPS) is 11.8. The zero-order chi connectivity index (χ0) is 8.48. The van der Waals surface area contributed by atoms with Gasteiger partial charge in [-0.05, 0) is 24.5 Å². The van der Waals surface area contributed by atoms with Crippen LogP contribution >= 0.6 is 11.5 Å². The average molecular weight is 191 g/mol. The molecule has 0 aliphatic carbocycles. The lowest BCUT2D eigenvalue weighted by molar-refractivity contribution is 0.601. The number of sulfone groups is 1. The monoisotopic (exact) mass is 191 g/mol. The van der Waals surface area contributed by atoms with Gasteiger partial charge in [-0.2, -0.15) is 4.37 Å². The van der Waals surface area contributed by atoms with E-state index in [1.165, 1.54) is 17.8 Å². The summed E-state index contributed by atoms with van der Waals surface area (Å²) < 4.78 is 25.6. The molecule has 0 saturated carbocycles. The Balaban J connectivity index is 2.81. The zero-order valence-corrected chi connectivity index (χ0v) is 8.00. The van der Waals surface area contributed by atoms with Crippen LogP contribution in [0.4, 0.5) is 0 Å². The molecular formula is C6H9NO2S2. The van der Waals surface area contributed by atoms with Gasteiger partial charge < -0.3 is 0 Å². The third kappa shape index (κ3) is 2.98. The largest absolute Gasteiger partial charge is 0.229 e. The summed E-state index contributed by atoms with van der Waals surface area (Å²) in [7, 11) is -2.89. The number of aromatic nitrogens is 1. The maximum atomic E-state index is 10.8. The second-order valence-corrected chi connectivity index (χ2v) is 5.53. The molecule has 0 aliphatic rings. The predicted molar refractivity (Wildman–Crippen MR) is 45.4 cm³/mol.